The van der Waals surface area contributed by atoms with E-state index in [1.807, 2.05) is 57.2 Å². The van der Waals surface area contributed by atoms with Crippen LogP contribution in [0.5, 0.6) is 11.5 Å². The molecule has 2 heterocycles. The van der Waals surface area contributed by atoms with Gasteiger partial charge in [0.05, 0.1) is 0 Å². The van der Waals surface area contributed by atoms with Gasteiger partial charge in [0.15, 0.2) is 0 Å². The zero-order valence-electron chi connectivity index (χ0n) is 30.2. The highest BCUT2D eigenvalue weighted by Gasteiger charge is 2.28. The van der Waals surface area contributed by atoms with Gasteiger partial charge in [-0.1, -0.05) is 31.7 Å². The summed E-state index contributed by atoms with van der Waals surface area (Å²) in [6.45, 7) is 14.8. The predicted octanol–water partition coefficient (Wildman–Crippen LogP) is 3.44. The maximum absolute atomic E-state index is 11.6. The molecule has 0 atom stereocenters. The van der Waals surface area contributed by atoms with Crippen molar-refractivity contribution in [3.8, 4) is 11.5 Å². The second-order valence-corrected chi connectivity index (χ2v) is 13.5. The van der Waals surface area contributed by atoms with E-state index in [2.05, 4.69) is 65.2 Å². The van der Waals surface area contributed by atoms with Gasteiger partial charge in [0, 0.05) is 65.0 Å². The smallest absolute Gasteiger partial charge is 0.407 e. The molecule has 0 spiro atoms. The number of ether oxygens (including phenoxy) is 3. The summed E-state index contributed by atoms with van der Waals surface area (Å²) < 4.78 is 16.8. The van der Waals surface area contributed by atoms with Crippen molar-refractivity contribution in [3.63, 3.8) is 0 Å². The molecule has 0 aromatic heterocycles. The third-order valence-electron chi connectivity index (χ3n) is 8.05. The number of hydrogen-bond acceptors (Lipinski definition) is 10. The van der Waals surface area contributed by atoms with Gasteiger partial charge in [0.1, 0.15) is 30.3 Å². The summed E-state index contributed by atoms with van der Waals surface area (Å²) in [7, 11) is 9.54. The summed E-state index contributed by atoms with van der Waals surface area (Å²) in [4.78, 5) is 21.0. The highest BCUT2D eigenvalue weighted by molar-refractivity contribution is 5.67. The molecule has 0 aliphatic carbocycles. The molecule has 4 rings (SSSR count). The number of nitrogens with one attached hydrogen (secondary N) is 1. The Balaban J connectivity index is 0.000000465. The molecule has 11 nitrogen and oxygen atoms in total. The average molecular weight is 675 g/mol. The van der Waals surface area contributed by atoms with Crippen LogP contribution < -0.4 is 20.5 Å². The first-order valence-corrected chi connectivity index (χ1v) is 16.7. The average Bonchev–Trinajstić information content (AvgIpc) is 2.97. The van der Waals surface area contributed by atoms with E-state index in [0.29, 0.717) is 25.7 Å². The Morgan fingerprint density at radius 3 is 1.54 bits per heavy atom. The molecule has 2 saturated heterocycles. The number of benzene rings is 2. The van der Waals surface area contributed by atoms with Crippen molar-refractivity contribution in [2.75, 3.05) is 101 Å². The fourth-order valence-electron chi connectivity index (χ4n) is 4.98. The molecular formula is C37H66N6O5. The number of alkyl carbamates (subject to hydrolysis) is 1. The van der Waals surface area contributed by atoms with E-state index in [9.17, 15) is 4.79 Å². The number of nitrogens with zero attached hydrogens (tertiary/aromatic N) is 4. The number of nitrogens with two attached hydrogens (primary N) is 1. The minimum absolute atomic E-state index is 0. The normalized spacial score (nSPS) is 15.2. The Bertz CT molecular complexity index is 1110. The van der Waals surface area contributed by atoms with Gasteiger partial charge in [-0.3, -0.25) is 9.80 Å². The summed E-state index contributed by atoms with van der Waals surface area (Å²) in [5, 5.41) is 9.77. The minimum atomic E-state index is -0.466. The van der Waals surface area contributed by atoms with E-state index in [4.69, 9.17) is 25.1 Å². The summed E-state index contributed by atoms with van der Waals surface area (Å²) >= 11 is 0. The number of likely N-dealkylation sites (tertiary alicyclic amines) is 2. The van der Waals surface area contributed by atoms with E-state index in [0.717, 1.165) is 88.9 Å². The quantitative estimate of drug-likeness (QED) is 0.260. The molecule has 2 aliphatic heterocycles. The molecule has 0 unspecified atom stereocenters. The van der Waals surface area contributed by atoms with Crippen LogP contribution in [0.15, 0.2) is 48.5 Å². The van der Waals surface area contributed by atoms with Gasteiger partial charge in [0.2, 0.25) is 0 Å². The van der Waals surface area contributed by atoms with Crippen LogP contribution in [0.25, 0.3) is 0 Å². The summed E-state index contributed by atoms with van der Waals surface area (Å²) in [5.74, 6) is 1.84. The van der Waals surface area contributed by atoms with Crippen LogP contribution in [0.3, 0.4) is 0 Å². The molecule has 48 heavy (non-hydrogen) atoms. The number of aliphatic hydroxyl groups is 1. The maximum Gasteiger partial charge on any atom is 0.407 e. The number of aliphatic hydroxyl groups excluding tert-OH is 1. The van der Waals surface area contributed by atoms with Crippen LogP contribution >= 0.6 is 0 Å². The van der Waals surface area contributed by atoms with E-state index >= 15 is 0 Å². The van der Waals surface area contributed by atoms with Gasteiger partial charge in [0.25, 0.3) is 0 Å². The van der Waals surface area contributed by atoms with Crippen LogP contribution in [-0.4, -0.2) is 149 Å². The van der Waals surface area contributed by atoms with Crippen molar-refractivity contribution in [3.05, 3.63) is 59.7 Å². The fourth-order valence-corrected chi connectivity index (χ4v) is 4.98. The monoisotopic (exact) mass is 675 g/mol. The van der Waals surface area contributed by atoms with E-state index in [1.54, 1.807) is 0 Å². The minimum Gasteiger partial charge on any atom is -0.492 e. The summed E-state index contributed by atoms with van der Waals surface area (Å²) in [6, 6.07) is 17.7. The van der Waals surface area contributed by atoms with Gasteiger partial charge in [-0.25, -0.2) is 4.79 Å². The molecule has 4 N–H and O–H groups in total. The standard InChI is InChI=1S/C20H33N3O3.C15H25N3O.CH4O.CH4/c1-20(2,3)26-19(24)21-11-10-16-6-8-18(9-7-16)25-13-12-23-14-17(15-23)22(4)5;1-17(2)14-11-18(12-14)9-10-19-15-5-3-13(4-6-15)7-8-16;1-2;/h6-9,17H,10-15H2,1-5H3,(H,21,24);3-6,14H,7-12,16H2,1-2H3;2H,1H3;1H4. The fraction of sp³-hybridized carbons (Fsp3) is 0.649. The third kappa shape index (κ3) is 16.9. The van der Waals surface area contributed by atoms with Gasteiger partial charge >= 0.3 is 6.09 Å². The Morgan fingerprint density at radius 1 is 0.792 bits per heavy atom. The van der Waals surface area contributed by atoms with Crippen molar-refractivity contribution in [2.45, 2.75) is 58.7 Å². The van der Waals surface area contributed by atoms with E-state index in [1.165, 1.54) is 5.56 Å². The van der Waals surface area contributed by atoms with Gasteiger partial charge in [-0.05, 0) is 104 Å². The number of likely N-dealkylation sites (N-methyl/N-ethyl adjacent to an activating group) is 2. The van der Waals surface area contributed by atoms with Gasteiger partial charge < -0.3 is 40.2 Å². The second kappa shape index (κ2) is 22.7. The van der Waals surface area contributed by atoms with Crippen molar-refractivity contribution in [1.82, 2.24) is 24.9 Å². The topological polar surface area (TPSA) is 116 Å². The van der Waals surface area contributed by atoms with Crippen LogP contribution in [0.4, 0.5) is 4.79 Å². The van der Waals surface area contributed by atoms with Crippen molar-refractivity contribution in [2.24, 2.45) is 5.73 Å². The summed E-state index contributed by atoms with van der Waals surface area (Å²) in [5.41, 5.74) is 7.49. The zero-order valence-corrected chi connectivity index (χ0v) is 30.2. The Kier molecular flexibility index (Phi) is 20.3. The number of amides is 1. The molecule has 0 saturated carbocycles. The van der Waals surface area contributed by atoms with E-state index < -0.39 is 5.60 Å². The zero-order chi connectivity index (χ0) is 34.8. The number of carbonyl (C=O) groups excluding carboxylic acids is 1. The molecule has 0 radical (unpaired) electrons. The molecular weight excluding hydrogens is 608 g/mol. The van der Waals surface area contributed by atoms with Crippen LogP contribution in [0.1, 0.15) is 39.3 Å². The Hall–Kier alpha value is -2.93. The Labute approximate surface area is 291 Å². The first kappa shape index (κ1) is 43.1. The molecule has 0 bridgehead atoms. The lowest BCUT2D eigenvalue weighted by molar-refractivity contribution is 0.0524. The van der Waals surface area contributed by atoms with Gasteiger partial charge in [-0.15, -0.1) is 0 Å². The molecule has 11 heteroatoms. The lowest BCUT2D eigenvalue weighted by atomic mass is 10.1. The van der Waals surface area contributed by atoms with E-state index in [-0.39, 0.29) is 13.5 Å². The van der Waals surface area contributed by atoms with Crippen LogP contribution in [0.2, 0.25) is 0 Å². The molecule has 2 fully saturated rings. The van der Waals surface area contributed by atoms with Crippen LogP contribution in [-0.2, 0) is 17.6 Å². The van der Waals surface area contributed by atoms with Crippen molar-refractivity contribution < 1.29 is 24.1 Å². The highest BCUT2D eigenvalue weighted by Crippen LogP contribution is 2.16. The first-order valence-electron chi connectivity index (χ1n) is 16.7. The number of rotatable bonds is 15. The molecule has 2 aliphatic rings. The highest BCUT2D eigenvalue weighted by atomic mass is 16.6. The summed E-state index contributed by atoms with van der Waals surface area (Å²) in [6.07, 6.45) is 1.32. The lowest BCUT2D eigenvalue weighted by Gasteiger charge is -2.42. The van der Waals surface area contributed by atoms with Crippen molar-refractivity contribution in [1.29, 1.82) is 0 Å². The first-order chi connectivity index (χ1) is 22.4. The maximum atomic E-state index is 11.6. The van der Waals surface area contributed by atoms with Crippen molar-refractivity contribution >= 4 is 6.09 Å². The largest absolute Gasteiger partial charge is 0.492 e. The molecule has 2 aromatic rings. The van der Waals surface area contributed by atoms with Gasteiger partial charge in [-0.2, -0.15) is 0 Å². The number of carbonyl (C=O) groups is 1. The SMILES string of the molecule is C.CN(C)C1CN(CCOc2ccc(CCN)cc2)C1.CN(C)C1CN(CCOc2ccc(CCNC(=O)OC(C)(C)C)cc2)C1.CO. The number of hydrogen-bond donors (Lipinski definition) is 3. The Morgan fingerprint density at radius 2 is 1.19 bits per heavy atom. The lowest BCUT2D eigenvalue weighted by Crippen LogP contribution is -2.57. The van der Waals surface area contributed by atoms with Crippen LogP contribution in [0, 0.1) is 0 Å². The second-order valence-electron chi connectivity index (χ2n) is 13.5. The molecule has 2 aromatic carbocycles. The molecule has 1 amide bonds. The molecule has 274 valence electrons. The third-order valence-corrected chi connectivity index (χ3v) is 8.05. The predicted molar refractivity (Wildman–Crippen MR) is 197 cm³/mol.